The van der Waals surface area contributed by atoms with Crippen LogP contribution in [-0.4, -0.2) is 59.0 Å². The highest BCUT2D eigenvalue weighted by atomic mass is 16.5. The minimum atomic E-state index is 0.136. The molecule has 20 heavy (non-hydrogen) atoms. The van der Waals surface area contributed by atoms with E-state index in [-0.39, 0.29) is 12.1 Å². The van der Waals surface area contributed by atoms with Crippen LogP contribution in [0.25, 0.3) is 0 Å². The number of methoxy groups -OCH3 is 2. The van der Waals surface area contributed by atoms with Gasteiger partial charge in [-0.05, 0) is 31.8 Å². The molecule has 0 aromatic heterocycles. The Bertz CT molecular complexity index is 439. The van der Waals surface area contributed by atoms with Crippen molar-refractivity contribution in [1.82, 2.24) is 10.2 Å². The lowest BCUT2D eigenvalue weighted by molar-refractivity contribution is -0.0380. The Kier molecular flexibility index (Phi) is 5.23. The molecule has 2 atom stereocenters. The van der Waals surface area contributed by atoms with Crippen molar-refractivity contribution in [1.29, 1.82) is 0 Å². The first-order valence-electron chi connectivity index (χ1n) is 6.89. The van der Waals surface area contributed by atoms with Crippen molar-refractivity contribution in [2.45, 2.75) is 12.1 Å². The van der Waals surface area contributed by atoms with E-state index in [2.05, 4.69) is 23.3 Å². The summed E-state index contributed by atoms with van der Waals surface area (Å²) in [5, 5.41) is 3.35. The van der Waals surface area contributed by atoms with Crippen LogP contribution in [0.15, 0.2) is 18.2 Å². The molecule has 1 aliphatic heterocycles. The maximum atomic E-state index is 5.91. The third-order valence-corrected chi connectivity index (χ3v) is 3.75. The van der Waals surface area contributed by atoms with Crippen molar-refractivity contribution in [2.75, 3.05) is 48.0 Å². The van der Waals surface area contributed by atoms with E-state index < -0.39 is 0 Å². The molecule has 1 aliphatic rings. The molecule has 1 aromatic carbocycles. The zero-order valence-electron chi connectivity index (χ0n) is 12.7. The predicted octanol–water partition coefficient (Wildman–Crippen LogP) is 1.29. The molecule has 2 rings (SSSR count). The van der Waals surface area contributed by atoms with Gasteiger partial charge in [0, 0.05) is 13.1 Å². The molecule has 0 radical (unpaired) electrons. The van der Waals surface area contributed by atoms with Gasteiger partial charge in [0.1, 0.15) is 0 Å². The average molecular weight is 280 g/mol. The molecular weight excluding hydrogens is 256 g/mol. The van der Waals surface area contributed by atoms with Gasteiger partial charge in [-0.15, -0.1) is 0 Å². The fourth-order valence-corrected chi connectivity index (χ4v) is 2.63. The van der Waals surface area contributed by atoms with Crippen LogP contribution in [0.3, 0.4) is 0 Å². The summed E-state index contributed by atoms with van der Waals surface area (Å²) in [5.41, 5.74) is 1.14. The summed E-state index contributed by atoms with van der Waals surface area (Å²) in [6, 6.07) is 6.14. The average Bonchev–Trinajstić information content (AvgIpc) is 2.48. The molecule has 2 unspecified atom stereocenters. The number of nitrogens with one attached hydrogen (secondary N) is 1. The Morgan fingerprint density at radius 3 is 2.65 bits per heavy atom. The van der Waals surface area contributed by atoms with Crippen LogP contribution in [0.5, 0.6) is 11.5 Å². The first-order chi connectivity index (χ1) is 9.69. The van der Waals surface area contributed by atoms with E-state index in [9.17, 15) is 0 Å². The largest absolute Gasteiger partial charge is 0.493 e. The lowest BCUT2D eigenvalue weighted by Gasteiger charge is -2.35. The maximum absolute atomic E-state index is 5.91. The molecule has 0 spiro atoms. The van der Waals surface area contributed by atoms with Gasteiger partial charge in [-0.25, -0.2) is 0 Å². The Labute approximate surface area is 120 Å². The Balaban J connectivity index is 2.22. The van der Waals surface area contributed by atoms with Crippen LogP contribution in [-0.2, 0) is 4.74 Å². The van der Waals surface area contributed by atoms with Gasteiger partial charge in [0.15, 0.2) is 11.5 Å². The van der Waals surface area contributed by atoms with Crippen molar-refractivity contribution < 1.29 is 14.2 Å². The second-order valence-corrected chi connectivity index (χ2v) is 5.05. The molecule has 5 nitrogen and oxygen atoms in total. The molecule has 0 aliphatic carbocycles. The zero-order chi connectivity index (χ0) is 14.5. The van der Waals surface area contributed by atoms with Gasteiger partial charge in [0.2, 0.25) is 0 Å². The highest BCUT2D eigenvalue weighted by molar-refractivity contribution is 5.44. The molecule has 1 fully saturated rings. The van der Waals surface area contributed by atoms with E-state index in [1.807, 2.05) is 19.2 Å². The third kappa shape index (κ3) is 3.23. The summed E-state index contributed by atoms with van der Waals surface area (Å²) in [7, 11) is 7.38. The van der Waals surface area contributed by atoms with Gasteiger partial charge in [-0.1, -0.05) is 6.07 Å². The van der Waals surface area contributed by atoms with Crippen molar-refractivity contribution >= 4 is 0 Å². The summed E-state index contributed by atoms with van der Waals surface area (Å²) in [6.07, 6.45) is 0.136. The molecular formula is C15H24N2O3. The van der Waals surface area contributed by atoms with Crippen LogP contribution in [0.4, 0.5) is 0 Å². The zero-order valence-corrected chi connectivity index (χ0v) is 12.7. The van der Waals surface area contributed by atoms with E-state index in [0.29, 0.717) is 0 Å². The lowest BCUT2D eigenvalue weighted by Crippen LogP contribution is -2.46. The molecule has 0 saturated carbocycles. The first-order valence-corrected chi connectivity index (χ1v) is 6.89. The molecule has 0 bridgehead atoms. The fourth-order valence-electron chi connectivity index (χ4n) is 2.63. The van der Waals surface area contributed by atoms with Crippen LogP contribution in [0, 0.1) is 0 Å². The summed E-state index contributed by atoms with van der Waals surface area (Å²) in [6.45, 7) is 2.67. The summed E-state index contributed by atoms with van der Waals surface area (Å²) in [5.74, 6) is 1.49. The summed E-state index contributed by atoms with van der Waals surface area (Å²) in [4.78, 5) is 2.29. The lowest BCUT2D eigenvalue weighted by atomic mass is 9.99. The Morgan fingerprint density at radius 2 is 2.05 bits per heavy atom. The van der Waals surface area contributed by atoms with Crippen LogP contribution >= 0.6 is 0 Å². The third-order valence-electron chi connectivity index (χ3n) is 3.75. The van der Waals surface area contributed by atoms with Crippen molar-refractivity contribution in [3.63, 3.8) is 0 Å². The topological polar surface area (TPSA) is 43.0 Å². The van der Waals surface area contributed by atoms with Gasteiger partial charge in [0.25, 0.3) is 0 Å². The van der Waals surface area contributed by atoms with E-state index in [4.69, 9.17) is 14.2 Å². The van der Waals surface area contributed by atoms with Crippen molar-refractivity contribution in [2.24, 2.45) is 0 Å². The Hall–Kier alpha value is -1.30. The minimum Gasteiger partial charge on any atom is -0.493 e. The van der Waals surface area contributed by atoms with E-state index in [1.165, 1.54) is 0 Å². The molecule has 1 aromatic rings. The number of hydrogen-bond acceptors (Lipinski definition) is 5. The van der Waals surface area contributed by atoms with E-state index in [1.54, 1.807) is 14.2 Å². The maximum Gasteiger partial charge on any atom is 0.161 e. The quantitative estimate of drug-likeness (QED) is 0.880. The van der Waals surface area contributed by atoms with E-state index >= 15 is 0 Å². The molecule has 0 amide bonds. The number of morpholine rings is 1. The smallest absolute Gasteiger partial charge is 0.161 e. The van der Waals surface area contributed by atoms with E-state index in [0.717, 1.165) is 36.8 Å². The molecule has 1 saturated heterocycles. The first kappa shape index (κ1) is 15.1. The number of hydrogen-bond donors (Lipinski definition) is 1. The van der Waals surface area contributed by atoms with Gasteiger partial charge in [-0.2, -0.15) is 0 Å². The van der Waals surface area contributed by atoms with Gasteiger partial charge >= 0.3 is 0 Å². The van der Waals surface area contributed by atoms with Gasteiger partial charge < -0.3 is 24.4 Å². The van der Waals surface area contributed by atoms with Crippen LogP contribution < -0.4 is 14.8 Å². The number of rotatable bonds is 5. The molecule has 1 heterocycles. The molecule has 5 heteroatoms. The second kappa shape index (κ2) is 6.92. The highest BCUT2D eigenvalue weighted by Crippen LogP contribution is 2.31. The number of likely N-dealkylation sites (N-methyl/N-ethyl adjacent to an activating group) is 2. The monoisotopic (exact) mass is 280 g/mol. The number of ether oxygens (including phenoxy) is 3. The highest BCUT2D eigenvalue weighted by Gasteiger charge is 2.27. The van der Waals surface area contributed by atoms with Gasteiger partial charge in [-0.3, -0.25) is 0 Å². The van der Waals surface area contributed by atoms with Crippen LogP contribution in [0.2, 0.25) is 0 Å². The van der Waals surface area contributed by atoms with Crippen molar-refractivity contribution in [3.05, 3.63) is 23.8 Å². The normalized spacial score (nSPS) is 21.5. The number of nitrogens with zero attached hydrogens (tertiary/aromatic N) is 1. The summed E-state index contributed by atoms with van der Waals surface area (Å²) >= 11 is 0. The van der Waals surface area contributed by atoms with Crippen molar-refractivity contribution in [3.8, 4) is 11.5 Å². The van der Waals surface area contributed by atoms with Crippen LogP contribution in [0.1, 0.15) is 11.6 Å². The number of benzene rings is 1. The molecule has 1 N–H and O–H groups in total. The van der Waals surface area contributed by atoms with Gasteiger partial charge in [0.05, 0.1) is 33.0 Å². The SMILES string of the molecule is CNC(c1ccc(OC)c(OC)c1)C1CN(C)CCO1. The minimum absolute atomic E-state index is 0.136. The Morgan fingerprint density at radius 1 is 1.30 bits per heavy atom. The fraction of sp³-hybridized carbons (Fsp3) is 0.600. The predicted molar refractivity (Wildman–Crippen MR) is 78.6 cm³/mol. The standard InChI is InChI=1S/C15H24N2O3/c1-16-15(14-10-17(2)7-8-20-14)11-5-6-12(18-3)13(9-11)19-4/h5-6,9,14-16H,7-8,10H2,1-4H3. The molecule has 112 valence electrons. The second-order valence-electron chi connectivity index (χ2n) is 5.05. The summed E-state index contributed by atoms with van der Waals surface area (Å²) < 4.78 is 16.6.